The maximum Gasteiger partial charge on any atom is 0.268 e. The number of amides is 1. The maximum atomic E-state index is 12.6. The number of rotatable bonds is 3. The normalized spacial score (nSPS) is 13.8. The molecule has 0 bridgehead atoms. The highest BCUT2D eigenvalue weighted by Crippen LogP contribution is 2.32. The molecule has 0 aliphatic carbocycles. The van der Waals surface area contributed by atoms with Gasteiger partial charge in [0.05, 0.1) is 17.4 Å². The van der Waals surface area contributed by atoms with Crippen molar-refractivity contribution in [2.45, 2.75) is 32.7 Å². The molecule has 0 radical (unpaired) electrons. The Balaban J connectivity index is 1.75. The first kappa shape index (κ1) is 15.1. The lowest BCUT2D eigenvalue weighted by atomic mass is 10.2. The number of carbonyl (C=O) groups is 1. The highest BCUT2D eigenvalue weighted by Gasteiger charge is 2.23. The minimum absolute atomic E-state index is 0.140. The van der Waals surface area contributed by atoms with Crippen LogP contribution < -0.4 is 5.32 Å². The third kappa shape index (κ3) is 2.62. The molecule has 0 unspecified atom stereocenters. The topological polar surface area (TPSA) is 77.6 Å². The number of fused-ring (bicyclic) bond motifs is 1. The summed E-state index contributed by atoms with van der Waals surface area (Å²) < 4.78 is 3.86. The van der Waals surface area contributed by atoms with Crippen molar-refractivity contribution in [2.24, 2.45) is 7.05 Å². The van der Waals surface area contributed by atoms with Gasteiger partial charge in [0.1, 0.15) is 22.2 Å². The number of aromatic nitrogens is 5. The van der Waals surface area contributed by atoms with Gasteiger partial charge in [-0.3, -0.25) is 9.48 Å². The fraction of sp³-hybridized carbons (Fsp3) is 0.375. The van der Waals surface area contributed by atoms with Crippen molar-refractivity contribution < 1.29 is 4.79 Å². The van der Waals surface area contributed by atoms with Crippen LogP contribution in [0.1, 0.15) is 33.3 Å². The zero-order valence-corrected chi connectivity index (χ0v) is 14.4. The largest absolute Gasteiger partial charge is 0.314 e. The molecule has 4 rings (SSSR count). The average Bonchev–Trinajstić information content (AvgIpc) is 3.27. The predicted octanol–water partition coefficient (Wildman–Crippen LogP) is 2.64. The summed E-state index contributed by atoms with van der Waals surface area (Å²) in [4.78, 5) is 22.1. The van der Waals surface area contributed by atoms with Crippen LogP contribution in [0.3, 0.4) is 0 Å². The molecule has 0 aromatic carbocycles. The van der Waals surface area contributed by atoms with Gasteiger partial charge in [-0.05, 0) is 19.8 Å². The number of nitrogens with zero attached hydrogens (tertiary/aromatic N) is 5. The monoisotopic (exact) mass is 342 g/mol. The van der Waals surface area contributed by atoms with E-state index in [-0.39, 0.29) is 5.91 Å². The molecule has 0 fully saturated rings. The standard InChI is InChI=1S/C16H18N6OS/c1-10-17-8-12(24-10)16(23)20-15-14(11-7-18-21(2)9-11)19-13-5-3-4-6-22(13)15/h7-9H,3-6H2,1-2H3,(H,20,23). The van der Waals surface area contributed by atoms with Crippen molar-refractivity contribution >= 4 is 23.1 Å². The van der Waals surface area contributed by atoms with Crippen LogP contribution in [-0.2, 0) is 20.0 Å². The van der Waals surface area contributed by atoms with E-state index >= 15 is 0 Å². The van der Waals surface area contributed by atoms with Crippen LogP contribution in [0.5, 0.6) is 0 Å². The summed E-state index contributed by atoms with van der Waals surface area (Å²) in [5, 5.41) is 8.16. The fourth-order valence-electron chi connectivity index (χ4n) is 2.99. The van der Waals surface area contributed by atoms with Crippen LogP contribution in [0.2, 0.25) is 0 Å². The van der Waals surface area contributed by atoms with Crippen LogP contribution in [0.4, 0.5) is 5.82 Å². The highest BCUT2D eigenvalue weighted by molar-refractivity contribution is 7.13. The van der Waals surface area contributed by atoms with Crippen molar-refractivity contribution in [3.8, 4) is 11.3 Å². The van der Waals surface area contributed by atoms with Gasteiger partial charge in [-0.2, -0.15) is 5.10 Å². The van der Waals surface area contributed by atoms with Gasteiger partial charge in [0.25, 0.3) is 5.91 Å². The van der Waals surface area contributed by atoms with Gasteiger partial charge >= 0.3 is 0 Å². The Hall–Kier alpha value is -2.48. The molecule has 24 heavy (non-hydrogen) atoms. The van der Waals surface area contributed by atoms with Gasteiger partial charge in [0.2, 0.25) is 0 Å². The number of hydrogen-bond acceptors (Lipinski definition) is 5. The maximum absolute atomic E-state index is 12.6. The molecule has 1 amide bonds. The van der Waals surface area contributed by atoms with Crippen LogP contribution >= 0.6 is 11.3 Å². The van der Waals surface area contributed by atoms with E-state index in [2.05, 4.69) is 20.0 Å². The zero-order valence-electron chi connectivity index (χ0n) is 13.6. The molecule has 3 aromatic heterocycles. The Kier molecular flexibility index (Phi) is 3.68. The zero-order chi connectivity index (χ0) is 16.7. The minimum atomic E-state index is -0.140. The van der Waals surface area contributed by atoms with E-state index in [1.54, 1.807) is 17.1 Å². The molecule has 7 nitrogen and oxygen atoms in total. The Morgan fingerprint density at radius 1 is 1.33 bits per heavy atom. The molecule has 4 heterocycles. The van der Waals surface area contributed by atoms with E-state index in [0.29, 0.717) is 4.88 Å². The molecular formula is C16H18N6OS. The summed E-state index contributed by atoms with van der Waals surface area (Å²) in [5.74, 6) is 1.64. The Morgan fingerprint density at radius 3 is 2.92 bits per heavy atom. The van der Waals surface area contributed by atoms with Crippen LogP contribution in [-0.4, -0.2) is 30.2 Å². The van der Waals surface area contributed by atoms with Gasteiger partial charge in [0.15, 0.2) is 0 Å². The highest BCUT2D eigenvalue weighted by atomic mass is 32.1. The summed E-state index contributed by atoms with van der Waals surface area (Å²) >= 11 is 1.39. The smallest absolute Gasteiger partial charge is 0.268 e. The molecule has 124 valence electrons. The second kappa shape index (κ2) is 5.86. The van der Waals surface area contributed by atoms with E-state index < -0.39 is 0 Å². The number of thiazole rings is 1. The number of nitrogens with one attached hydrogen (secondary N) is 1. The Labute approximate surface area is 143 Å². The minimum Gasteiger partial charge on any atom is -0.314 e. The quantitative estimate of drug-likeness (QED) is 0.794. The average molecular weight is 342 g/mol. The Morgan fingerprint density at radius 2 is 2.21 bits per heavy atom. The van der Waals surface area contributed by atoms with Crippen molar-refractivity contribution in [2.75, 3.05) is 5.32 Å². The third-order valence-electron chi connectivity index (χ3n) is 4.13. The Bertz CT molecular complexity index is 906. The predicted molar refractivity (Wildman–Crippen MR) is 92.2 cm³/mol. The van der Waals surface area contributed by atoms with E-state index in [9.17, 15) is 4.79 Å². The lowest BCUT2D eigenvalue weighted by Crippen LogP contribution is -2.18. The van der Waals surface area contributed by atoms with E-state index in [1.807, 2.05) is 20.2 Å². The summed E-state index contributed by atoms with van der Waals surface area (Å²) in [6.45, 7) is 2.77. The van der Waals surface area contributed by atoms with Gasteiger partial charge in [-0.25, -0.2) is 9.97 Å². The molecule has 3 aromatic rings. The van der Waals surface area contributed by atoms with Crippen LogP contribution in [0.25, 0.3) is 11.3 Å². The molecule has 0 saturated heterocycles. The molecule has 0 spiro atoms. The van der Waals surface area contributed by atoms with Crippen molar-refractivity contribution in [3.63, 3.8) is 0 Å². The molecule has 8 heteroatoms. The second-order valence-electron chi connectivity index (χ2n) is 5.93. The molecule has 1 N–H and O–H groups in total. The molecule has 0 atom stereocenters. The lowest BCUT2D eigenvalue weighted by molar-refractivity contribution is 0.102. The third-order valence-corrected chi connectivity index (χ3v) is 5.05. The van der Waals surface area contributed by atoms with Gasteiger partial charge in [-0.15, -0.1) is 11.3 Å². The SMILES string of the molecule is Cc1ncc(C(=O)Nc2c(-c3cnn(C)c3)nc3n2CCCC3)s1. The van der Waals surface area contributed by atoms with E-state index in [0.717, 1.165) is 53.7 Å². The van der Waals surface area contributed by atoms with Crippen molar-refractivity contribution in [1.29, 1.82) is 0 Å². The summed E-state index contributed by atoms with van der Waals surface area (Å²) in [6, 6.07) is 0. The number of anilines is 1. The first-order valence-electron chi connectivity index (χ1n) is 7.94. The van der Waals surface area contributed by atoms with Gasteiger partial charge < -0.3 is 9.88 Å². The van der Waals surface area contributed by atoms with E-state index in [1.165, 1.54) is 11.3 Å². The fourth-order valence-corrected chi connectivity index (χ4v) is 3.66. The number of imidazole rings is 1. The second-order valence-corrected chi connectivity index (χ2v) is 7.17. The number of aryl methyl sites for hydroxylation is 3. The summed E-state index contributed by atoms with van der Waals surface area (Å²) in [7, 11) is 1.87. The first-order valence-corrected chi connectivity index (χ1v) is 8.75. The van der Waals surface area contributed by atoms with Crippen molar-refractivity contribution in [1.82, 2.24) is 24.3 Å². The molecule has 1 aliphatic rings. The van der Waals surface area contributed by atoms with Gasteiger partial charge in [0, 0.05) is 31.8 Å². The van der Waals surface area contributed by atoms with Crippen molar-refractivity contribution in [3.05, 3.63) is 34.3 Å². The van der Waals surface area contributed by atoms with E-state index in [4.69, 9.17) is 4.98 Å². The number of carbonyl (C=O) groups excluding carboxylic acids is 1. The van der Waals surface area contributed by atoms with Crippen LogP contribution in [0, 0.1) is 6.92 Å². The van der Waals surface area contributed by atoms with Gasteiger partial charge in [-0.1, -0.05) is 0 Å². The molecule has 1 aliphatic heterocycles. The summed E-state index contributed by atoms with van der Waals surface area (Å²) in [6.07, 6.45) is 8.47. The number of hydrogen-bond donors (Lipinski definition) is 1. The lowest BCUT2D eigenvalue weighted by Gasteiger charge is -2.16. The van der Waals surface area contributed by atoms with Crippen LogP contribution in [0.15, 0.2) is 18.6 Å². The summed E-state index contributed by atoms with van der Waals surface area (Å²) in [5.41, 5.74) is 1.70. The molecular weight excluding hydrogens is 324 g/mol. The first-order chi connectivity index (χ1) is 11.6. The molecule has 0 saturated carbocycles.